The van der Waals surface area contributed by atoms with Crippen molar-refractivity contribution >= 4 is 55.8 Å². The summed E-state index contributed by atoms with van der Waals surface area (Å²) < 4.78 is 12.4. The van der Waals surface area contributed by atoms with Gasteiger partial charge in [-0.05, 0) is 55.6 Å². The molecule has 4 rings (SSSR count). The number of ether oxygens (including phenoxy) is 2. The number of aromatic nitrogens is 1. The molecular weight excluding hydrogens is 458 g/mol. The van der Waals surface area contributed by atoms with E-state index in [2.05, 4.69) is 6.07 Å². The van der Waals surface area contributed by atoms with Crippen molar-refractivity contribution < 1.29 is 14.3 Å². The topological polar surface area (TPSA) is 54.9 Å². The van der Waals surface area contributed by atoms with Crippen LogP contribution in [0, 0.1) is 6.92 Å². The van der Waals surface area contributed by atoms with Crippen LogP contribution < -0.4 is 14.4 Å². The van der Waals surface area contributed by atoms with Gasteiger partial charge in [-0.2, -0.15) is 0 Å². The van der Waals surface area contributed by atoms with Crippen molar-refractivity contribution in [3.05, 3.63) is 60.2 Å². The van der Waals surface area contributed by atoms with E-state index in [0.717, 1.165) is 26.6 Å². The van der Waals surface area contributed by atoms with Crippen LogP contribution in [0.3, 0.4) is 0 Å². The highest BCUT2D eigenvalue weighted by atomic mass is 35.5. The molecule has 0 radical (unpaired) electrons. The molecule has 33 heavy (non-hydrogen) atoms. The number of methoxy groups -OCH3 is 1. The number of hydrogen-bond acceptors (Lipinski definition) is 6. The first-order chi connectivity index (χ1) is 15.5. The van der Waals surface area contributed by atoms with E-state index in [1.807, 2.05) is 74.4 Å². The van der Waals surface area contributed by atoms with Gasteiger partial charge in [-0.15, -0.1) is 12.4 Å². The van der Waals surface area contributed by atoms with Gasteiger partial charge in [-0.1, -0.05) is 47.7 Å². The molecule has 0 aliphatic rings. The predicted molar refractivity (Wildman–Crippen MR) is 139 cm³/mol. The summed E-state index contributed by atoms with van der Waals surface area (Å²) in [6.45, 7) is 3.22. The maximum Gasteiger partial charge on any atom is 0.266 e. The molecule has 4 aromatic rings. The average molecular weight is 486 g/mol. The Balaban J connectivity index is 0.00000306. The van der Waals surface area contributed by atoms with Gasteiger partial charge in [0.05, 0.1) is 11.8 Å². The van der Waals surface area contributed by atoms with Crippen LogP contribution in [0.1, 0.15) is 5.56 Å². The molecule has 0 fully saturated rings. The fraction of sp³-hybridized carbons (Fsp3) is 0.280. The van der Waals surface area contributed by atoms with Crippen LogP contribution in [-0.4, -0.2) is 56.7 Å². The van der Waals surface area contributed by atoms with Crippen molar-refractivity contribution in [2.45, 2.75) is 6.92 Å². The molecule has 0 spiro atoms. The van der Waals surface area contributed by atoms with E-state index < -0.39 is 0 Å². The van der Waals surface area contributed by atoms with Gasteiger partial charge in [0.2, 0.25) is 0 Å². The number of carbonyl (C=O) groups is 1. The Labute approximate surface area is 204 Å². The zero-order valence-corrected chi connectivity index (χ0v) is 20.8. The van der Waals surface area contributed by atoms with Gasteiger partial charge < -0.3 is 14.4 Å². The molecule has 0 bridgehead atoms. The lowest BCUT2D eigenvalue weighted by molar-refractivity contribution is -0.120. The number of carbonyl (C=O) groups excluding carboxylic acids is 1. The summed E-state index contributed by atoms with van der Waals surface area (Å²) in [4.78, 5) is 21.7. The Bertz CT molecular complexity index is 1260. The Morgan fingerprint density at radius 2 is 1.79 bits per heavy atom. The second-order valence-corrected chi connectivity index (χ2v) is 8.88. The van der Waals surface area contributed by atoms with E-state index in [0.29, 0.717) is 29.7 Å². The lowest BCUT2D eigenvalue weighted by atomic mass is 10.1. The smallest absolute Gasteiger partial charge is 0.266 e. The van der Waals surface area contributed by atoms with Crippen LogP contribution >= 0.6 is 23.7 Å². The van der Waals surface area contributed by atoms with Gasteiger partial charge in [0.25, 0.3) is 5.91 Å². The minimum Gasteiger partial charge on any atom is -0.494 e. The molecule has 0 N–H and O–H groups in total. The van der Waals surface area contributed by atoms with Crippen LogP contribution in [0.2, 0.25) is 0 Å². The van der Waals surface area contributed by atoms with Crippen molar-refractivity contribution in [3.8, 4) is 11.5 Å². The number of amides is 1. The van der Waals surface area contributed by atoms with Gasteiger partial charge in [-0.25, -0.2) is 4.98 Å². The van der Waals surface area contributed by atoms with E-state index in [9.17, 15) is 4.79 Å². The molecule has 0 unspecified atom stereocenters. The van der Waals surface area contributed by atoms with E-state index >= 15 is 0 Å². The summed E-state index contributed by atoms with van der Waals surface area (Å²) in [6, 6.07) is 17.9. The highest BCUT2D eigenvalue weighted by Gasteiger charge is 2.22. The first-order valence-corrected chi connectivity index (χ1v) is 11.3. The summed E-state index contributed by atoms with van der Waals surface area (Å²) in [7, 11) is 5.61. The number of fused-ring (bicyclic) bond motifs is 2. The maximum atomic E-state index is 13.2. The van der Waals surface area contributed by atoms with E-state index in [-0.39, 0.29) is 24.9 Å². The van der Waals surface area contributed by atoms with Crippen LogP contribution in [0.4, 0.5) is 5.13 Å². The molecule has 0 saturated carbocycles. The number of rotatable bonds is 8. The van der Waals surface area contributed by atoms with Crippen molar-refractivity contribution in [3.63, 3.8) is 0 Å². The number of thiazole rings is 1. The minimum atomic E-state index is -0.129. The molecule has 0 atom stereocenters. The standard InChI is InChI=1S/C25H27N3O3S.ClH/c1-17-9-12-21(30-4)23-24(17)32-25(26-23)28(14-13-27(2)3)22(29)16-31-20-11-10-18-7-5-6-8-19(18)15-20;/h5-12,15H,13-14,16H2,1-4H3;1H. The summed E-state index contributed by atoms with van der Waals surface area (Å²) in [5.74, 6) is 1.25. The summed E-state index contributed by atoms with van der Waals surface area (Å²) >= 11 is 1.50. The number of aryl methyl sites for hydroxylation is 1. The fourth-order valence-corrected chi connectivity index (χ4v) is 4.58. The SMILES string of the molecule is COc1ccc(C)c2sc(N(CCN(C)C)C(=O)COc3ccc4ccccc4c3)nc12.Cl. The predicted octanol–water partition coefficient (Wildman–Crippen LogP) is 5.16. The van der Waals surface area contributed by atoms with E-state index in [1.54, 1.807) is 12.0 Å². The fourth-order valence-electron chi connectivity index (χ4n) is 3.49. The molecule has 1 heterocycles. The number of hydrogen-bond donors (Lipinski definition) is 0. The van der Waals surface area contributed by atoms with Crippen molar-refractivity contribution in [2.75, 3.05) is 45.8 Å². The molecule has 1 amide bonds. The first-order valence-electron chi connectivity index (χ1n) is 10.5. The van der Waals surface area contributed by atoms with Crippen LogP contribution in [0.5, 0.6) is 11.5 Å². The summed E-state index contributed by atoms with van der Waals surface area (Å²) in [6.07, 6.45) is 0. The second kappa shape index (κ2) is 10.8. The first kappa shape index (κ1) is 24.8. The molecule has 1 aromatic heterocycles. The zero-order chi connectivity index (χ0) is 22.7. The maximum absolute atomic E-state index is 13.2. The lowest BCUT2D eigenvalue weighted by Gasteiger charge is -2.22. The minimum absolute atomic E-state index is 0. The monoisotopic (exact) mass is 485 g/mol. The van der Waals surface area contributed by atoms with Gasteiger partial charge >= 0.3 is 0 Å². The normalized spacial score (nSPS) is 10.9. The molecule has 0 saturated heterocycles. The molecular formula is C25H28ClN3O3S. The van der Waals surface area contributed by atoms with Crippen molar-refractivity contribution in [1.82, 2.24) is 9.88 Å². The lowest BCUT2D eigenvalue weighted by Crippen LogP contribution is -2.39. The van der Waals surface area contributed by atoms with Crippen molar-refractivity contribution in [1.29, 1.82) is 0 Å². The molecule has 3 aromatic carbocycles. The number of benzene rings is 3. The number of nitrogens with zero attached hydrogens (tertiary/aromatic N) is 3. The van der Waals surface area contributed by atoms with Gasteiger partial charge in [0, 0.05) is 13.1 Å². The Morgan fingerprint density at radius 1 is 1.03 bits per heavy atom. The van der Waals surface area contributed by atoms with Crippen LogP contribution in [0.25, 0.3) is 21.0 Å². The Morgan fingerprint density at radius 3 is 2.52 bits per heavy atom. The van der Waals surface area contributed by atoms with Crippen LogP contribution in [-0.2, 0) is 4.79 Å². The molecule has 8 heteroatoms. The molecule has 0 aliphatic carbocycles. The Hall–Kier alpha value is -2.87. The quantitative estimate of drug-likeness (QED) is 0.345. The summed E-state index contributed by atoms with van der Waals surface area (Å²) in [5.41, 5.74) is 1.89. The van der Waals surface area contributed by atoms with Gasteiger partial charge in [0.15, 0.2) is 11.7 Å². The van der Waals surface area contributed by atoms with E-state index in [4.69, 9.17) is 14.5 Å². The summed E-state index contributed by atoms with van der Waals surface area (Å²) in [5, 5.41) is 2.87. The van der Waals surface area contributed by atoms with Gasteiger partial charge in [0.1, 0.15) is 17.0 Å². The number of likely N-dealkylation sites (N-methyl/N-ethyl adjacent to an activating group) is 1. The number of anilines is 1. The Kier molecular flexibility index (Phi) is 8.13. The zero-order valence-electron chi connectivity index (χ0n) is 19.2. The van der Waals surface area contributed by atoms with Gasteiger partial charge in [-0.3, -0.25) is 9.69 Å². The average Bonchev–Trinajstić information content (AvgIpc) is 3.24. The molecule has 6 nitrogen and oxygen atoms in total. The van der Waals surface area contributed by atoms with Crippen LogP contribution in [0.15, 0.2) is 54.6 Å². The highest BCUT2D eigenvalue weighted by molar-refractivity contribution is 7.22. The second-order valence-electron chi connectivity index (χ2n) is 7.91. The third-order valence-corrected chi connectivity index (χ3v) is 6.51. The highest BCUT2D eigenvalue weighted by Crippen LogP contribution is 2.36. The third kappa shape index (κ3) is 5.55. The molecule has 0 aliphatic heterocycles. The van der Waals surface area contributed by atoms with E-state index in [1.165, 1.54) is 11.3 Å². The molecule has 174 valence electrons. The number of halogens is 1. The van der Waals surface area contributed by atoms with Crippen molar-refractivity contribution in [2.24, 2.45) is 0 Å². The third-order valence-electron chi connectivity index (χ3n) is 5.30. The largest absolute Gasteiger partial charge is 0.494 e.